The van der Waals surface area contributed by atoms with Crippen molar-refractivity contribution in [3.05, 3.63) is 18.2 Å². The van der Waals surface area contributed by atoms with Crippen LogP contribution in [0.1, 0.15) is 6.42 Å². The molecule has 0 aliphatic heterocycles. The number of nitrogens with zero attached hydrogens (tertiary/aromatic N) is 2. The monoisotopic (exact) mass is 209 g/mol. The van der Waals surface area contributed by atoms with E-state index in [1.807, 2.05) is 18.2 Å². The summed E-state index contributed by atoms with van der Waals surface area (Å²) in [4.78, 5) is 6.41. The molecule has 0 aromatic carbocycles. The van der Waals surface area contributed by atoms with Gasteiger partial charge in [-0.3, -0.25) is 0 Å². The van der Waals surface area contributed by atoms with Gasteiger partial charge in [0.15, 0.2) is 0 Å². The van der Waals surface area contributed by atoms with Crippen LogP contribution in [0.4, 0.5) is 11.6 Å². The number of nitrogens with one attached hydrogen (secondary N) is 2. The molecular formula is C10H19N5. The minimum Gasteiger partial charge on any atom is -0.370 e. The van der Waals surface area contributed by atoms with Crippen LogP contribution in [0.25, 0.3) is 0 Å². The smallest absolute Gasteiger partial charge is 0.142 e. The summed E-state index contributed by atoms with van der Waals surface area (Å²) in [6.45, 7) is 1.99. The molecule has 0 aliphatic rings. The van der Waals surface area contributed by atoms with Crippen molar-refractivity contribution >= 4 is 11.6 Å². The predicted molar refractivity (Wildman–Crippen MR) is 63.7 cm³/mol. The normalized spacial score (nSPS) is 10.4. The van der Waals surface area contributed by atoms with Gasteiger partial charge in [-0.2, -0.15) is 0 Å². The SMILES string of the molecule is CN(C)CCCNc1cccc(NN)n1. The fraction of sp³-hybridized carbons (Fsp3) is 0.500. The van der Waals surface area contributed by atoms with Crippen LogP contribution in [0.15, 0.2) is 18.2 Å². The third kappa shape index (κ3) is 4.62. The van der Waals surface area contributed by atoms with Gasteiger partial charge in [-0.05, 0) is 39.2 Å². The number of hydrogen-bond acceptors (Lipinski definition) is 5. The molecule has 0 atom stereocenters. The minimum absolute atomic E-state index is 0.674. The van der Waals surface area contributed by atoms with Crippen molar-refractivity contribution in [2.45, 2.75) is 6.42 Å². The highest BCUT2D eigenvalue weighted by Gasteiger charge is 1.95. The third-order valence-corrected chi connectivity index (χ3v) is 1.99. The lowest BCUT2D eigenvalue weighted by Crippen LogP contribution is -2.17. The number of hydrazine groups is 1. The van der Waals surface area contributed by atoms with Gasteiger partial charge in [-0.1, -0.05) is 6.07 Å². The lowest BCUT2D eigenvalue weighted by molar-refractivity contribution is 0.405. The van der Waals surface area contributed by atoms with Gasteiger partial charge >= 0.3 is 0 Å². The first-order valence-electron chi connectivity index (χ1n) is 5.04. The number of pyridine rings is 1. The number of nitrogen functional groups attached to an aromatic ring is 1. The molecule has 1 rings (SSSR count). The molecule has 0 radical (unpaired) electrons. The highest BCUT2D eigenvalue weighted by atomic mass is 15.3. The van der Waals surface area contributed by atoms with Crippen molar-refractivity contribution in [2.75, 3.05) is 37.9 Å². The molecule has 0 bridgehead atoms. The second-order valence-electron chi connectivity index (χ2n) is 3.64. The molecular weight excluding hydrogens is 190 g/mol. The van der Waals surface area contributed by atoms with Crippen LogP contribution >= 0.6 is 0 Å². The lowest BCUT2D eigenvalue weighted by atomic mass is 10.4. The summed E-state index contributed by atoms with van der Waals surface area (Å²) in [5.74, 6) is 6.79. The van der Waals surface area contributed by atoms with Crippen molar-refractivity contribution in [3.8, 4) is 0 Å². The van der Waals surface area contributed by atoms with Crippen LogP contribution in [-0.2, 0) is 0 Å². The van der Waals surface area contributed by atoms with Crippen LogP contribution in [0.5, 0.6) is 0 Å². The number of rotatable bonds is 6. The predicted octanol–water partition coefficient (Wildman–Crippen LogP) is 0.731. The molecule has 0 spiro atoms. The van der Waals surface area contributed by atoms with Crippen molar-refractivity contribution < 1.29 is 0 Å². The summed E-state index contributed by atoms with van der Waals surface area (Å²) in [6.07, 6.45) is 1.09. The van der Waals surface area contributed by atoms with E-state index in [1.165, 1.54) is 0 Å². The Morgan fingerprint density at radius 2 is 2.07 bits per heavy atom. The van der Waals surface area contributed by atoms with Crippen LogP contribution < -0.4 is 16.6 Å². The fourth-order valence-electron chi connectivity index (χ4n) is 1.23. The van der Waals surface area contributed by atoms with E-state index in [-0.39, 0.29) is 0 Å². The van der Waals surface area contributed by atoms with E-state index in [2.05, 4.69) is 34.7 Å². The van der Waals surface area contributed by atoms with E-state index in [1.54, 1.807) is 0 Å². The van der Waals surface area contributed by atoms with E-state index < -0.39 is 0 Å². The van der Waals surface area contributed by atoms with Gasteiger partial charge in [0.05, 0.1) is 0 Å². The Bertz CT molecular complexity index is 287. The van der Waals surface area contributed by atoms with Gasteiger partial charge in [0, 0.05) is 6.54 Å². The molecule has 15 heavy (non-hydrogen) atoms. The second-order valence-corrected chi connectivity index (χ2v) is 3.64. The molecule has 0 aliphatic carbocycles. The zero-order chi connectivity index (χ0) is 11.1. The standard InChI is InChI=1S/C10H19N5/c1-15(2)8-4-7-12-9-5-3-6-10(13-9)14-11/h3,5-6H,4,7-8,11H2,1-2H3,(H2,12,13,14). The van der Waals surface area contributed by atoms with Gasteiger partial charge in [-0.25, -0.2) is 10.8 Å². The quantitative estimate of drug-likeness (QED) is 0.366. The zero-order valence-corrected chi connectivity index (χ0v) is 9.33. The van der Waals surface area contributed by atoms with E-state index in [4.69, 9.17) is 5.84 Å². The molecule has 1 aromatic rings. The summed E-state index contributed by atoms with van der Waals surface area (Å²) in [5.41, 5.74) is 2.52. The Hall–Kier alpha value is -1.33. The average molecular weight is 209 g/mol. The fourth-order valence-corrected chi connectivity index (χ4v) is 1.23. The van der Waals surface area contributed by atoms with Gasteiger partial charge in [0.25, 0.3) is 0 Å². The highest BCUT2D eigenvalue weighted by molar-refractivity contribution is 5.44. The number of hydrogen-bond donors (Lipinski definition) is 3. The Kier molecular flexibility index (Phi) is 4.86. The largest absolute Gasteiger partial charge is 0.370 e. The third-order valence-electron chi connectivity index (χ3n) is 1.99. The summed E-state index contributed by atoms with van der Waals surface area (Å²) in [5, 5.41) is 3.24. The van der Waals surface area contributed by atoms with Crippen LogP contribution in [0, 0.1) is 0 Å². The highest BCUT2D eigenvalue weighted by Crippen LogP contribution is 2.07. The lowest BCUT2D eigenvalue weighted by Gasteiger charge is -2.10. The van der Waals surface area contributed by atoms with Gasteiger partial charge in [0.1, 0.15) is 11.6 Å². The van der Waals surface area contributed by atoms with Crippen LogP contribution in [0.3, 0.4) is 0 Å². The number of aromatic nitrogens is 1. The molecule has 1 aromatic heterocycles. The van der Waals surface area contributed by atoms with Gasteiger partial charge in [-0.15, -0.1) is 0 Å². The molecule has 5 heteroatoms. The summed E-state index contributed by atoms with van der Waals surface area (Å²) < 4.78 is 0. The molecule has 0 saturated carbocycles. The summed E-state index contributed by atoms with van der Waals surface area (Å²) in [7, 11) is 4.13. The molecule has 0 fully saturated rings. The first-order chi connectivity index (χ1) is 7.22. The molecule has 1 heterocycles. The van der Waals surface area contributed by atoms with Crippen LogP contribution in [-0.4, -0.2) is 37.1 Å². The number of anilines is 2. The van der Waals surface area contributed by atoms with Crippen LogP contribution in [0.2, 0.25) is 0 Å². The molecule has 0 unspecified atom stereocenters. The first-order valence-corrected chi connectivity index (χ1v) is 5.04. The Labute approximate surface area is 90.6 Å². The Morgan fingerprint density at radius 3 is 2.73 bits per heavy atom. The van der Waals surface area contributed by atoms with E-state index >= 15 is 0 Å². The number of nitrogens with two attached hydrogens (primary N) is 1. The first kappa shape index (κ1) is 11.7. The maximum atomic E-state index is 5.27. The van der Waals surface area contributed by atoms with Crippen molar-refractivity contribution in [1.82, 2.24) is 9.88 Å². The molecule has 0 amide bonds. The molecule has 84 valence electrons. The van der Waals surface area contributed by atoms with E-state index in [0.717, 1.165) is 25.3 Å². The van der Waals surface area contributed by atoms with Crippen molar-refractivity contribution in [2.24, 2.45) is 5.84 Å². The van der Waals surface area contributed by atoms with Gasteiger partial charge < -0.3 is 15.6 Å². The van der Waals surface area contributed by atoms with Crippen molar-refractivity contribution in [1.29, 1.82) is 0 Å². The molecule has 5 nitrogen and oxygen atoms in total. The molecule has 0 saturated heterocycles. The van der Waals surface area contributed by atoms with Crippen molar-refractivity contribution in [3.63, 3.8) is 0 Å². The topological polar surface area (TPSA) is 66.2 Å². The Morgan fingerprint density at radius 1 is 1.33 bits per heavy atom. The van der Waals surface area contributed by atoms with E-state index in [0.29, 0.717) is 5.82 Å². The maximum Gasteiger partial charge on any atom is 0.142 e. The maximum absolute atomic E-state index is 5.27. The Balaban J connectivity index is 2.30. The summed E-state index contributed by atoms with van der Waals surface area (Å²) >= 11 is 0. The molecule has 4 N–H and O–H groups in total. The zero-order valence-electron chi connectivity index (χ0n) is 9.33. The summed E-state index contributed by atoms with van der Waals surface area (Å²) in [6, 6.07) is 5.66. The van der Waals surface area contributed by atoms with Gasteiger partial charge in [0.2, 0.25) is 0 Å². The average Bonchev–Trinajstić information content (AvgIpc) is 2.24. The minimum atomic E-state index is 0.674. The van der Waals surface area contributed by atoms with E-state index in [9.17, 15) is 0 Å². The second kappa shape index (κ2) is 6.21.